The normalized spacial score (nSPS) is 12.7. The fraction of sp³-hybridized carbons (Fsp3) is 0.409. The molecule has 0 unspecified atom stereocenters. The number of nitrogens with zero attached hydrogens (tertiary/aromatic N) is 1. The molecule has 2 aromatic rings. The van der Waals surface area contributed by atoms with Crippen LogP contribution in [0.5, 0.6) is 11.5 Å². The largest absolute Gasteiger partial charge is 0.486 e. The molecule has 26 heavy (non-hydrogen) atoms. The number of hydrogen-bond acceptors (Lipinski definition) is 3. The van der Waals surface area contributed by atoms with E-state index < -0.39 is 0 Å². The highest BCUT2D eigenvalue weighted by atomic mass is 16.6. The van der Waals surface area contributed by atoms with Gasteiger partial charge in [-0.05, 0) is 48.9 Å². The molecule has 0 saturated carbocycles. The zero-order valence-corrected chi connectivity index (χ0v) is 15.4. The van der Waals surface area contributed by atoms with E-state index in [9.17, 15) is 4.79 Å². The lowest BCUT2D eigenvalue weighted by Crippen LogP contribution is -2.28. The number of amides is 1. The van der Waals surface area contributed by atoms with Gasteiger partial charge in [0.05, 0.1) is 0 Å². The summed E-state index contributed by atoms with van der Waals surface area (Å²) in [5, 5.41) is 0. The molecule has 0 N–H and O–H groups in total. The minimum absolute atomic E-state index is 0.194. The Morgan fingerprint density at radius 3 is 2.50 bits per heavy atom. The number of unbranched alkanes of at least 4 members (excludes halogenated alkanes) is 1. The summed E-state index contributed by atoms with van der Waals surface area (Å²) in [6.45, 7) is 1.99. The van der Waals surface area contributed by atoms with Crippen molar-refractivity contribution in [2.75, 3.05) is 26.8 Å². The molecule has 0 bridgehead atoms. The fourth-order valence-electron chi connectivity index (χ4n) is 3.13. The molecule has 4 nitrogen and oxygen atoms in total. The van der Waals surface area contributed by atoms with Gasteiger partial charge in [0.25, 0.3) is 0 Å². The predicted molar refractivity (Wildman–Crippen MR) is 103 cm³/mol. The highest BCUT2D eigenvalue weighted by Gasteiger charge is 2.13. The number of rotatable bonds is 8. The summed E-state index contributed by atoms with van der Waals surface area (Å²) in [6.07, 6.45) is 4.45. The number of hydrogen-bond donors (Lipinski definition) is 0. The van der Waals surface area contributed by atoms with E-state index >= 15 is 0 Å². The molecule has 1 aliphatic heterocycles. The number of carbonyl (C=O) groups is 1. The second kappa shape index (κ2) is 9.27. The van der Waals surface area contributed by atoms with E-state index in [-0.39, 0.29) is 5.91 Å². The van der Waals surface area contributed by atoms with Gasteiger partial charge in [-0.15, -0.1) is 0 Å². The third-order valence-corrected chi connectivity index (χ3v) is 4.71. The summed E-state index contributed by atoms with van der Waals surface area (Å²) >= 11 is 0. The van der Waals surface area contributed by atoms with Crippen LogP contribution in [-0.2, 0) is 17.6 Å². The first-order chi connectivity index (χ1) is 12.7. The van der Waals surface area contributed by atoms with Crippen LogP contribution in [-0.4, -0.2) is 37.6 Å². The van der Waals surface area contributed by atoms with Gasteiger partial charge in [-0.1, -0.05) is 36.4 Å². The number of fused-ring (bicyclic) bond motifs is 1. The number of aryl methyl sites for hydroxylation is 2. The average molecular weight is 353 g/mol. The molecule has 0 radical (unpaired) electrons. The van der Waals surface area contributed by atoms with Gasteiger partial charge in [0.1, 0.15) is 13.2 Å². The third kappa shape index (κ3) is 5.25. The summed E-state index contributed by atoms with van der Waals surface area (Å²) in [7, 11) is 1.90. The van der Waals surface area contributed by atoms with E-state index in [1.54, 1.807) is 0 Å². The Hall–Kier alpha value is -2.49. The van der Waals surface area contributed by atoms with Crippen molar-refractivity contribution in [1.82, 2.24) is 4.90 Å². The molecule has 4 heteroatoms. The fourth-order valence-corrected chi connectivity index (χ4v) is 3.13. The van der Waals surface area contributed by atoms with Crippen LogP contribution < -0.4 is 9.47 Å². The summed E-state index contributed by atoms with van der Waals surface area (Å²) in [5.74, 6) is 1.77. The number of ether oxygens (including phenoxy) is 2. The van der Waals surface area contributed by atoms with Crippen LogP contribution in [0.1, 0.15) is 30.4 Å². The van der Waals surface area contributed by atoms with Crippen molar-refractivity contribution in [2.45, 2.75) is 32.1 Å². The quantitative estimate of drug-likeness (QED) is 0.676. The molecule has 0 aliphatic carbocycles. The Morgan fingerprint density at radius 1 is 0.923 bits per heavy atom. The second-order valence-electron chi connectivity index (χ2n) is 6.74. The van der Waals surface area contributed by atoms with Gasteiger partial charge in [0, 0.05) is 20.0 Å². The zero-order valence-electron chi connectivity index (χ0n) is 15.4. The molecule has 0 spiro atoms. The van der Waals surface area contributed by atoms with E-state index in [1.165, 1.54) is 5.56 Å². The van der Waals surface area contributed by atoms with Crippen molar-refractivity contribution in [1.29, 1.82) is 0 Å². The van der Waals surface area contributed by atoms with Crippen LogP contribution >= 0.6 is 0 Å². The van der Waals surface area contributed by atoms with Gasteiger partial charge in [0.2, 0.25) is 5.91 Å². The standard InChI is InChI=1S/C22H27NO3/c1-23(14-6-5-9-18-7-3-2-4-8-18)22(24)13-11-19-10-12-20-21(17-19)26-16-15-25-20/h2-4,7-8,10,12,17H,5-6,9,11,13-16H2,1H3. The molecule has 0 saturated heterocycles. The van der Waals surface area contributed by atoms with Crippen LogP contribution in [0.25, 0.3) is 0 Å². The van der Waals surface area contributed by atoms with Crippen LogP contribution in [0, 0.1) is 0 Å². The summed E-state index contributed by atoms with van der Waals surface area (Å²) in [5.41, 5.74) is 2.47. The minimum atomic E-state index is 0.194. The van der Waals surface area contributed by atoms with Gasteiger partial charge in [-0.3, -0.25) is 4.79 Å². The number of carbonyl (C=O) groups excluding carboxylic acids is 1. The molecule has 0 atom stereocenters. The first-order valence-electron chi connectivity index (χ1n) is 9.39. The van der Waals surface area contributed by atoms with Crippen LogP contribution in [0.4, 0.5) is 0 Å². The Morgan fingerprint density at radius 2 is 1.69 bits per heavy atom. The van der Waals surface area contributed by atoms with E-state index in [1.807, 2.05) is 36.2 Å². The second-order valence-corrected chi connectivity index (χ2v) is 6.74. The first-order valence-corrected chi connectivity index (χ1v) is 9.39. The van der Waals surface area contributed by atoms with E-state index in [0.717, 1.165) is 49.3 Å². The molecule has 0 aromatic heterocycles. The Kier molecular flexibility index (Phi) is 6.53. The first kappa shape index (κ1) is 18.3. The van der Waals surface area contributed by atoms with Crippen molar-refractivity contribution in [3.05, 3.63) is 59.7 Å². The van der Waals surface area contributed by atoms with Crippen molar-refractivity contribution in [3.8, 4) is 11.5 Å². The van der Waals surface area contributed by atoms with Gasteiger partial charge in [0.15, 0.2) is 11.5 Å². The predicted octanol–water partition coefficient (Wildman–Crippen LogP) is 3.87. The van der Waals surface area contributed by atoms with Crippen LogP contribution in [0.15, 0.2) is 48.5 Å². The smallest absolute Gasteiger partial charge is 0.222 e. The van der Waals surface area contributed by atoms with Gasteiger partial charge in [-0.2, -0.15) is 0 Å². The summed E-state index contributed by atoms with van der Waals surface area (Å²) in [6, 6.07) is 16.4. The highest BCUT2D eigenvalue weighted by molar-refractivity contribution is 5.76. The summed E-state index contributed by atoms with van der Waals surface area (Å²) in [4.78, 5) is 14.2. The lowest BCUT2D eigenvalue weighted by atomic mass is 10.1. The van der Waals surface area contributed by atoms with Crippen molar-refractivity contribution in [3.63, 3.8) is 0 Å². The van der Waals surface area contributed by atoms with Crippen molar-refractivity contribution in [2.24, 2.45) is 0 Å². The van der Waals surface area contributed by atoms with E-state index in [0.29, 0.717) is 19.6 Å². The van der Waals surface area contributed by atoms with Gasteiger partial charge in [-0.25, -0.2) is 0 Å². The van der Waals surface area contributed by atoms with E-state index in [4.69, 9.17) is 9.47 Å². The Balaban J connectivity index is 1.37. The molecule has 1 heterocycles. The zero-order chi connectivity index (χ0) is 18.2. The van der Waals surface area contributed by atoms with Crippen LogP contribution in [0.3, 0.4) is 0 Å². The summed E-state index contributed by atoms with van der Waals surface area (Å²) < 4.78 is 11.1. The monoisotopic (exact) mass is 353 g/mol. The maximum absolute atomic E-state index is 12.3. The Bertz CT molecular complexity index is 715. The maximum atomic E-state index is 12.3. The molecule has 0 fully saturated rings. The molecule has 3 rings (SSSR count). The molecule has 1 aliphatic rings. The molecule has 138 valence electrons. The highest BCUT2D eigenvalue weighted by Crippen LogP contribution is 2.31. The van der Waals surface area contributed by atoms with Crippen LogP contribution in [0.2, 0.25) is 0 Å². The third-order valence-electron chi connectivity index (χ3n) is 4.71. The lowest BCUT2D eigenvalue weighted by molar-refractivity contribution is -0.129. The molecule has 2 aromatic carbocycles. The Labute approximate surface area is 155 Å². The topological polar surface area (TPSA) is 38.8 Å². The van der Waals surface area contributed by atoms with E-state index in [2.05, 4.69) is 24.3 Å². The molecular weight excluding hydrogens is 326 g/mol. The average Bonchev–Trinajstić information content (AvgIpc) is 2.70. The number of benzene rings is 2. The molecular formula is C22H27NO3. The van der Waals surface area contributed by atoms with Gasteiger partial charge < -0.3 is 14.4 Å². The van der Waals surface area contributed by atoms with Crippen molar-refractivity contribution < 1.29 is 14.3 Å². The SMILES string of the molecule is CN(CCCCc1ccccc1)C(=O)CCc1ccc2c(c1)OCCO2. The van der Waals surface area contributed by atoms with Gasteiger partial charge >= 0.3 is 0 Å². The van der Waals surface area contributed by atoms with Crippen molar-refractivity contribution >= 4 is 5.91 Å². The lowest BCUT2D eigenvalue weighted by Gasteiger charge is -2.19. The minimum Gasteiger partial charge on any atom is -0.486 e. The molecule has 1 amide bonds. The maximum Gasteiger partial charge on any atom is 0.222 e.